The Hall–Kier alpha value is -5.90. The molecule has 0 radical (unpaired) electrons. The molecule has 0 N–H and O–H groups in total. The van der Waals surface area contributed by atoms with E-state index < -0.39 is 41.2 Å². The first-order valence-corrected chi connectivity index (χ1v) is 13.8. The fourth-order valence-electron chi connectivity index (χ4n) is 5.21. The zero-order chi connectivity index (χ0) is 32.2. The van der Waals surface area contributed by atoms with Crippen LogP contribution in [0.25, 0.3) is 0 Å². The molecule has 0 amide bonds. The lowest BCUT2D eigenvalue weighted by atomic mass is 9.77. The highest BCUT2D eigenvalue weighted by atomic mass is 16.6. The van der Waals surface area contributed by atoms with Crippen molar-refractivity contribution in [1.82, 2.24) is 0 Å². The third-order valence-corrected chi connectivity index (χ3v) is 7.96. The van der Waals surface area contributed by atoms with Gasteiger partial charge in [-0.3, -0.25) is 0 Å². The summed E-state index contributed by atoms with van der Waals surface area (Å²) in [5.74, 6) is -3.82. The summed E-state index contributed by atoms with van der Waals surface area (Å²) in [6.45, 7) is 7.68. The SMILES string of the molecule is Cc1cc(C(C)(C)c2ccc(OC(=O)c3ccc4c(c3)C(=O)OC4=O)c(C)c2)ccc1OC(=O)c1ccc2c(c1)C(=O)OC2=O. The molecule has 0 saturated carbocycles. The molecule has 4 aromatic carbocycles. The van der Waals surface area contributed by atoms with Crippen molar-refractivity contribution >= 4 is 35.8 Å². The van der Waals surface area contributed by atoms with E-state index in [9.17, 15) is 28.8 Å². The van der Waals surface area contributed by atoms with E-state index in [-0.39, 0.29) is 33.4 Å². The number of hydrogen-bond donors (Lipinski definition) is 0. The Bertz CT molecular complexity index is 1870. The van der Waals surface area contributed by atoms with E-state index in [0.717, 1.165) is 11.1 Å². The molecule has 2 heterocycles. The molecule has 6 rings (SSSR count). The number of cyclic esters (lactones) is 4. The van der Waals surface area contributed by atoms with Crippen LogP contribution < -0.4 is 9.47 Å². The quantitative estimate of drug-likeness (QED) is 0.153. The number of carbonyl (C=O) groups excluding carboxylic acids is 6. The summed E-state index contributed by atoms with van der Waals surface area (Å²) in [4.78, 5) is 72.8. The number of esters is 6. The molecule has 4 aromatic rings. The van der Waals surface area contributed by atoms with Crippen LogP contribution in [0.15, 0.2) is 72.8 Å². The van der Waals surface area contributed by atoms with Crippen LogP contribution in [0.2, 0.25) is 0 Å². The zero-order valence-electron chi connectivity index (χ0n) is 24.5. The summed E-state index contributed by atoms with van der Waals surface area (Å²) in [5, 5.41) is 0. The maximum absolute atomic E-state index is 12.8. The molecule has 2 aliphatic heterocycles. The smallest absolute Gasteiger partial charge is 0.346 e. The Morgan fingerprint density at radius 3 is 1.29 bits per heavy atom. The first-order chi connectivity index (χ1) is 21.3. The van der Waals surface area contributed by atoms with E-state index in [1.807, 2.05) is 52.0 Å². The van der Waals surface area contributed by atoms with Crippen molar-refractivity contribution in [2.45, 2.75) is 33.1 Å². The highest BCUT2D eigenvalue weighted by Gasteiger charge is 2.32. The lowest BCUT2D eigenvalue weighted by Crippen LogP contribution is -2.20. The van der Waals surface area contributed by atoms with Crippen molar-refractivity contribution in [3.63, 3.8) is 0 Å². The molecule has 0 unspecified atom stereocenters. The first-order valence-electron chi connectivity index (χ1n) is 13.8. The largest absolute Gasteiger partial charge is 0.423 e. The molecule has 0 aliphatic carbocycles. The molecule has 2 aliphatic rings. The second-order valence-corrected chi connectivity index (χ2v) is 11.2. The Labute approximate surface area is 256 Å². The Morgan fingerprint density at radius 2 is 0.911 bits per heavy atom. The molecular weight excluding hydrogens is 580 g/mol. The predicted molar refractivity (Wildman–Crippen MR) is 157 cm³/mol. The van der Waals surface area contributed by atoms with Gasteiger partial charge in [0.2, 0.25) is 0 Å². The molecule has 10 heteroatoms. The molecule has 0 bridgehead atoms. The summed E-state index contributed by atoms with van der Waals surface area (Å²) in [6, 6.07) is 19.0. The highest BCUT2D eigenvalue weighted by Crippen LogP contribution is 2.36. The van der Waals surface area contributed by atoms with E-state index in [0.29, 0.717) is 22.6 Å². The number of ether oxygens (including phenoxy) is 4. The van der Waals surface area contributed by atoms with Crippen LogP contribution in [0.4, 0.5) is 0 Å². The Balaban J connectivity index is 1.17. The van der Waals surface area contributed by atoms with Gasteiger partial charge in [-0.15, -0.1) is 0 Å². The fourth-order valence-corrected chi connectivity index (χ4v) is 5.21. The maximum atomic E-state index is 12.8. The number of hydrogen-bond acceptors (Lipinski definition) is 10. The van der Waals surface area contributed by atoms with Gasteiger partial charge in [0.05, 0.1) is 33.4 Å². The molecule has 0 aromatic heterocycles. The molecule has 0 saturated heterocycles. The molecule has 0 spiro atoms. The molecule has 10 nitrogen and oxygen atoms in total. The van der Waals surface area contributed by atoms with Crippen molar-refractivity contribution < 1.29 is 47.7 Å². The van der Waals surface area contributed by atoms with Crippen molar-refractivity contribution in [2.75, 3.05) is 0 Å². The normalized spacial score (nSPS) is 13.6. The van der Waals surface area contributed by atoms with Gasteiger partial charge >= 0.3 is 35.8 Å². The van der Waals surface area contributed by atoms with Crippen LogP contribution in [-0.4, -0.2) is 35.8 Å². The lowest BCUT2D eigenvalue weighted by molar-refractivity contribution is 0.0425. The van der Waals surface area contributed by atoms with E-state index in [4.69, 9.17) is 9.47 Å². The number of carbonyl (C=O) groups is 6. The Kier molecular flexibility index (Phi) is 6.92. The van der Waals surface area contributed by atoms with Gasteiger partial charge in [-0.25, -0.2) is 28.8 Å². The van der Waals surface area contributed by atoms with Crippen LogP contribution in [0.5, 0.6) is 11.5 Å². The van der Waals surface area contributed by atoms with Crippen LogP contribution in [0.3, 0.4) is 0 Å². The van der Waals surface area contributed by atoms with Gasteiger partial charge in [-0.05, 0) is 84.6 Å². The van der Waals surface area contributed by atoms with E-state index in [1.165, 1.54) is 36.4 Å². The van der Waals surface area contributed by atoms with Crippen molar-refractivity contribution in [1.29, 1.82) is 0 Å². The lowest BCUT2D eigenvalue weighted by Gasteiger charge is -2.27. The Morgan fingerprint density at radius 1 is 0.533 bits per heavy atom. The van der Waals surface area contributed by atoms with Gasteiger partial charge < -0.3 is 18.9 Å². The third kappa shape index (κ3) is 5.16. The minimum atomic E-state index is -0.806. The first kappa shape index (κ1) is 29.2. The second kappa shape index (κ2) is 10.7. The number of benzene rings is 4. The van der Waals surface area contributed by atoms with Gasteiger partial charge in [0.15, 0.2) is 0 Å². The monoisotopic (exact) mass is 604 g/mol. The molecule has 45 heavy (non-hydrogen) atoms. The second-order valence-electron chi connectivity index (χ2n) is 11.2. The van der Waals surface area contributed by atoms with E-state index in [2.05, 4.69) is 9.47 Å². The van der Waals surface area contributed by atoms with Gasteiger partial charge in [0, 0.05) is 5.41 Å². The summed E-state index contributed by atoms with van der Waals surface area (Å²) in [6.07, 6.45) is 0. The predicted octanol–water partition coefficient (Wildman–Crippen LogP) is 5.69. The van der Waals surface area contributed by atoms with E-state index >= 15 is 0 Å². The van der Waals surface area contributed by atoms with Crippen LogP contribution in [0, 0.1) is 13.8 Å². The molecular formula is C35H24O10. The molecule has 0 fully saturated rings. The van der Waals surface area contributed by atoms with Gasteiger partial charge in [0.1, 0.15) is 11.5 Å². The molecule has 224 valence electrons. The summed E-state index contributed by atoms with van der Waals surface area (Å²) < 4.78 is 20.4. The maximum Gasteiger partial charge on any atom is 0.346 e. The number of fused-ring (bicyclic) bond motifs is 2. The third-order valence-electron chi connectivity index (χ3n) is 7.96. The van der Waals surface area contributed by atoms with Gasteiger partial charge in [0.25, 0.3) is 0 Å². The van der Waals surface area contributed by atoms with Crippen LogP contribution in [0.1, 0.15) is 98.2 Å². The summed E-state index contributed by atoms with van der Waals surface area (Å²) >= 11 is 0. The van der Waals surface area contributed by atoms with Crippen molar-refractivity contribution in [3.05, 3.63) is 128 Å². The summed E-state index contributed by atoms with van der Waals surface area (Å²) in [7, 11) is 0. The number of rotatable bonds is 6. The minimum absolute atomic E-state index is 0.0202. The van der Waals surface area contributed by atoms with Crippen molar-refractivity contribution in [3.8, 4) is 11.5 Å². The minimum Gasteiger partial charge on any atom is -0.423 e. The highest BCUT2D eigenvalue weighted by molar-refractivity contribution is 6.16. The average molecular weight is 605 g/mol. The van der Waals surface area contributed by atoms with Crippen LogP contribution in [-0.2, 0) is 14.9 Å². The van der Waals surface area contributed by atoms with Gasteiger partial charge in [-0.2, -0.15) is 0 Å². The van der Waals surface area contributed by atoms with Crippen molar-refractivity contribution in [2.24, 2.45) is 0 Å². The standard InChI is InChI=1S/C35H24O10/c1-17-13-21(7-11-27(17)42-29(36)19-5-9-23-25(15-19)33(40)44-31(23)38)35(3,4)22-8-12-28(18(2)14-22)43-30(37)20-6-10-24-26(16-20)34(41)45-32(24)39/h5-16H,1-4H3. The van der Waals surface area contributed by atoms with E-state index in [1.54, 1.807) is 12.1 Å². The zero-order valence-corrected chi connectivity index (χ0v) is 24.5. The topological polar surface area (TPSA) is 139 Å². The average Bonchev–Trinajstić information content (AvgIpc) is 3.46. The molecule has 0 atom stereocenters. The van der Waals surface area contributed by atoms with Gasteiger partial charge in [-0.1, -0.05) is 38.1 Å². The number of aryl methyl sites for hydroxylation is 2. The summed E-state index contributed by atoms with van der Waals surface area (Å²) in [5.41, 5.74) is 3.23. The van der Waals surface area contributed by atoms with Crippen LogP contribution >= 0.6 is 0 Å². The fraction of sp³-hybridized carbons (Fsp3) is 0.143.